The fourth-order valence-corrected chi connectivity index (χ4v) is 8.32. The van der Waals surface area contributed by atoms with Gasteiger partial charge in [0.25, 0.3) is 0 Å². The molecule has 0 saturated carbocycles. The Morgan fingerprint density at radius 1 is 0.375 bits per heavy atom. The van der Waals surface area contributed by atoms with E-state index in [1.807, 2.05) is 109 Å². The van der Waals surface area contributed by atoms with E-state index in [-0.39, 0.29) is 0 Å². The summed E-state index contributed by atoms with van der Waals surface area (Å²) in [5, 5.41) is 34.6. The van der Waals surface area contributed by atoms with Crippen molar-refractivity contribution < 1.29 is 0 Å². The number of hydrogen-bond donors (Lipinski definition) is 0. The molecule has 0 bridgehead atoms. The van der Waals surface area contributed by atoms with Gasteiger partial charge in [0.1, 0.15) is 0 Å². The minimum absolute atomic E-state index is 0.550. The van der Waals surface area contributed by atoms with Crippen LogP contribution in [0.2, 0.25) is 0 Å². The van der Waals surface area contributed by atoms with Crippen molar-refractivity contribution in [2.45, 2.75) is 0 Å². The first-order valence-corrected chi connectivity index (χ1v) is 18.2. The van der Waals surface area contributed by atoms with Gasteiger partial charge >= 0.3 is 0 Å². The lowest BCUT2D eigenvalue weighted by Crippen LogP contribution is -2.05. The van der Waals surface area contributed by atoms with E-state index in [1.165, 1.54) is 0 Å². The van der Waals surface area contributed by atoms with Gasteiger partial charge in [0.15, 0.2) is 0 Å². The summed E-state index contributed by atoms with van der Waals surface area (Å²) in [5.41, 5.74) is 12.7. The predicted octanol–water partition coefficient (Wildman–Crippen LogP) is 11.9. The Morgan fingerprint density at radius 3 is 1.21 bits per heavy atom. The summed E-state index contributed by atoms with van der Waals surface area (Å²) in [5.74, 6) is 0. The van der Waals surface area contributed by atoms with Gasteiger partial charge in [0.2, 0.25) is 0 Å². The third kappa shape index (κ3) is 4.90. The molecule has 10 aromatic rings. The molecule has 0 aliphatic carbocycles. The highest BCUT2D eigenvalue weighted by atomic mass is 15.0. The van der Waals surface area contributed by atoms with E-state index in [0.717, 1.165) is 88.4 Å². The van der Waals surface area contributed by atoms with E-state index in [1.54, 1.807) is 0 Å². The smallest absolute Gasteiger partial charge is 0.0998 e. The number of para-hydroxylation sites is 2. The Balaban J connectivity index is 1.30. The molecule has 10 rings (SSSR count). The standard InChI is InChI=1S/C50H28N6/c51-27-34-11-1-4-14-37(34)32-21-23-46-42(25-32)40-17-7-9-19-44(40)55(46)48-30-54-31-49(50(48)39-16-6-3-13-36(39)29-53)56-45-20-10-8-18-41(45)43-26-33(22-24-47(43)56)38-15-5-2-12-35(38)28-52/h1-26,30-31H. The number of fused-ring (bicyclic) bond motifs is 6. The first-order valence-electron chi connectivity index (χ1n) is 18.2. The van der Waals surface area contributed by atoms with Crippen LogP contribution in [0.25, 0.3) is 88.4 Å². The Hall–Kier alpha value is -8.24. The third-order valence-electron chi connectivity index (χ3n) is 10.8. The fourth-order valence-electron chi connectivity index (χ4n) is 8.32. The third-order valence-corrected chi connectivity index (χ3v) is 10.8. The summed E-state index contributed by atoms with van der Waals surface area (Å²) < 4.78 is 4.49. The summed E-state index contributed by atoms with van der Waals surface area (Å²) >= 11 is 0. The van der Waals surface area contributed by atoms with Crippen LogP contribution in [0.5, 0.6) is 0 Å². The summed E-state index contributed by atoms with van der Waals surface area (Å²) in [6, 6.07) is 59.6. The van der Waals surface area contributed by atoms with Gasteiger partial charge in [0, 0.05) is 32.7 Å². The quantitative estimate of drug-likeness (QED) is 0.177. The molecule has 0 radical (unpaired) electrons. The molecule has 3 heterocycles. The van der Waals surface area contributed by atoms with Crippen molar-refractivity contribution in [3.8, 4) is 63.0 Å². The molecule has 0 aliphatic heterocycles. The Bertz CT molecular complexity index is 3170. The number of nitriles is 3. The van der Waals surface area contributed by atoms with Gasteiger partial charge in [0.05, 0.1) is 80.7 Å². The predicted molar refractivity (Wildman–Crippen MR) is 223 cm³/mol. The molecule has 0 atom stereocenters. The lowest BCUT2D eigenvalue weighted by atomic mass is 9.97. The molecule has 0 unspecified atom stereocenters. The average Bonchev–Trinajstić information content (AvgIpc) is 3.78. The number of aromatic nitrogens is 3. The average molecular weight is 713 g/mol. The van der Waals surface area contributed by atoms with Crippen LogP contribution in [0.3, 0.4) is 0 Å². The minimum atomic E-state index is 0.550. The molecule has 258 valence electrons. The molecule has 0 spiro atoms. The maximum absolute atomic E-state index is 10.5. The SMILES string of the molecule is N#Cc1ccccc1-c1ccc2c(c1)c1ccccc1n2-c1cncc(-n2c3ccccc3c3cc(-c4ccccc4C#N)ccc32)c1-c1ccccc1C#N. The summed E-state index contributed by atoms with van der Waals surface area (Å²) in [6.07, 6.45) is 3.78. The molecular weight excluding hydrogens is 685 g/mol. The Morgan fingerprint density at radius 2 is 0.750 bits per heavy atom. The molecule has 6 nitrogen and oxygen atoms in total. The highest BCUT2D eigenvalue weighted by molar-refractivity contribution is 6.13. The van der Waals surface area contributed by atoms with E-state index in [9.17, 15) is 15.8 Å². The first kappa shape index (κ1) is 32.4. The van der Waals surface area contributed by atoms with Crippen molar-refractivity contribution in [3.63, 3.8) is 0 Å². The molecule has 0 fully saturated rings. The van der Waals surface area contributed by atoms with Crippen LogP contribution in [-0.4, -0.2) is 14.1 Å². The molecule has 7 aromatic carbocycles. The van der Waals surface area contributed by atoms with Gasteiger partial charge in [-0.3, -0.25) is 4.98 Å². The lowest BCUT2D eigenvalue weighted by molar-refractivity contribution is 1.09. The number of hydrogen-bond acceptors (Lipinski definition) is 4. The van der Waals surface area contributed by atoms with Gasteiger partial charge in [-0.2, -0.15) is 15.8 Å². The highest BCUT2D eigenvalue weighted by Gasteiger charge is 2.24. The second kappa shape index (κ2) is 13.0. The zero-order valence-electron chi connectivity index (χ0n) is 29.8. The summed E-state index contributed by atoms with van der Waals surface area (Å²) in [6.45, 7) is 0. The van der Waals surface area contributed by atoms with Crippen molar-refractivity contribution in [2.24, 2.45) is 0 Å². The molecule has 3 aromatic heterocycles. The van der Waals surface area contributed by atoms with Crippen molar-refractivity contribution in [2.75, 3.05) is 0 Å². The lowest BCUT2D eigenvalue weighted by Gasteiger charge is -2.20. The van der Waals surface area contributed by atoms with Crippen LogP contribution in [0.15, 0.2) is 170 Å². The van der Waals surface area contributed by atoms with E-state index in [0.29, 0.717) is 16.7 Å². The molecule has 6 heteroatoms. The largest absolute Gasteiger partial charge is 0.307 e. The number of pyridine rings is 1. The number of benzene rings is 7. The van der Waals surface area contributed by atoms with E-state index < -0.39 is 0 Å². The van der Waals surface area contributed by atoms with Crippen molar-refractivity contribution >= 4 is 43.6 Å². The summed E-state index contributed by atoms with van der Waals surface area (Å²) in [4.78, 5) is 4.94. The van der Waals surface area contributed by atoms with Crippen LogP contribution in [0.4, 0.5) is 0 Å². The van der Waals surface area contributed by atoms with Gasteiger partial charge in [-0.1, -0.05) is 103 Å². The van der Waals surface area contributed by atoms with Crippen LogP contribution >= 0.6 is 0 Å². The van der Waals surface area contributed by atoms with Gasteiger partial charge in [-0.15, -0.1) is 0 Å². The van der Waals surface area contributed by atoms with Gasteiger partial charge in [-0.05, 0) is 76.9 Å². The van der Waals surface area contributed by atoms with Crippen molar-refractivity contribution in [3.05, 3.63) is 187 Å². The van der Waals surface area contributed by atoms with E-state index >= 15 is 0 Å². The second-order valence-corrected chi connectivity index (χ2v) is 13.7. The van der Waals surface area contributed by atoms with Gasteiger partial charge < -0.3 is 9.13 Å². The van der Waals surface area contributed by atoms with Crippen molar-refractivity contribution in [1.82, 2.24) is 14.1 Å². The molecular formula is C50H28N6. The van der Waals surface area contributed by atoms with E-state index in [2.05, 4.69) is 88.0 Å². The monoisotopic (exact) mass is 712 g/mol. The maximum Gasteiger partial charge on any atom is 0.0998 e. The molecule has 0 N–H and O–H groups in total. The zero-order chi connectivity index (χ0) is 37.8. The number of rotatable bonds is 5. The minimum Gasteiger partial charge on any atom is -0.307 e. The number of nitrogens with zero attached hydrogens (tertiary/aromatic N) is 6. The fraction of sp³-hybridized carbons (Fsp3) is 0. The van der Waals surface area contributed by atoms with Crippen LogP contribution < -0.4 is 0 Å². The molecule has 0 saturated heterocycles. The summed E-state index contributed by atoms with van der Waals surface area (Å²) in [7, 11) is 0. The zero-order valence-corrected chi connectivity index (χ0v) is 29.8. The molecule has 0 amide bonds. The first-order chi connectivity index (χ1) is 27.7. The maximum atomic E-state index is 10.5. The van der Waals surface area contributed by atoms with Crippen molar-refractivity contribution in [1.29, 1.82) is 15.8 Å². The normalized spacial score (nSPS) is 11.2. The second-order valence-electron chi connectivity index (χ2n) is 13.7. The molecule has 56 heavy (non-hydrogen) atoms. The van der Waals surface area contributed by atoms with Crippen LogP contribution in [0.1, 0.15) is 16.7 Å². The van der Waals surface area contributed by atoms with Gasteiger partial charge in [-0.25, -0.2) is 0 Å². The topological polar surface area (TPSA) is 94.1 Å². The Kier molecular flexibility index (Phi) is 7.53. The van der Waals surface area contributed by atoms with Crippen LogP contribution in [-0.2, 0) is 0 Å². The van der Waals surface area contributed by atoms with E-state index in [4.69, 9.17) is 4.98 Å². The Labute approximate surface area is 322 Å². The van der Waals surface area contributed by atoms with Crippen LogP contribution in [0, 0.1) is 34.0 Å². The molecule has 0 aliphatic rings. The highest BCUT2D eigenvalue weighted by Crippen LogP contribution is 2.43.